The van der Waals surface area contributed by atoms with Crippen LogP contribution in [-0.4, -0.2) is 72.4 Å². The number of nitrogens with zero attached hydrogens (tertiary/aromatic N) is 3. The van der Waals surface area contributed by atoms with E-state index in [0.717, 1.165) is 45.1 Å². The van der Waals surface area contributed by atoms with E-state index in [9.17, 15) is 5.11 Å². The molecular weight excluding hydrogens is 286 g/mol. The van der Waals surface area contributed by atoms with E-state index in [2.05, 4.69) is 34.0 Å². The van der Waals surface area contributed by atoms with Crippen LogP contribution in [0.3, 0.4) is 0 Å². The predicted octanol–water partition coefficient (Wildman–Crippen LogP) is 1.39. The molecule has 0 spiro atoms. The average molecular weight is 313 g/mol. The van der Waals surface area contributed by atoms with Crippen molar-refractivity contribution in [1.29, 1.82) is 0 Å². The highest BCUT2D eigenvalue weighted by molar-refractivity contribution is 7.09. The third-order valence-corrected chi connectivity index (χ3v) is 4.78. The molecule has 1 aliphatic rings. The maximum absolute atomic E-state index is 10.2. The van der Waals surface area contributed by atoms with Crippen molar-refractivity contribution in [2.75, 3.05) is 46.4 Å². The maximum Gasteiger partial charge on any atom is 0.0954 e. The third kappa shape index (κ3) is 5.64. The number of aromatic nitrogens is 1. The number of hydrogen-bond donors (Lipinski definition) is 1. The Morgan fingerprint density at radius 3 is 2.76 bits per heavy atom. The molecule has 1 aromatic heterocycles. The van der Waals surface area contributed by atoms with Gasteiger partial charge in [0.2, 0.25) is 0 Å². The zero-order chi connectivity index (χ0) is 15.2. The van der Waals surface area contributed by atoms with Gasteiger partial charge in [0, 0.05) is 44.0 Å². The Morgan fingerprint density at radius 2 is 2.14 bits per heavy atom. The van der Waals surface area contributed by atoms with Gasteiger partial charge in [0.1, 0.15) is 0 Å². The van der Waals surface area contributed by atoms with E-state index in [-0.39, 0.29) is 6.10 Å². The fraction of sp³-hybridized carbons (Fsp3) is 0.800. The van der Waals surface area contributed by atoms with Crippen LogP contribution in [0.15, 0.2) is 5.38 Å². The number of hydrogen-bond acceptors (Lipinski definition) is 6. The number of β-amino-alcohol motifs (C(OH)–C–C–N with tert-alkyl or cyclic N) is 1. The second kappa shape index (κ2) is 8.19. The van der Waals surface area contributed by atoms with E-state index in [1.807, 2.05) is 7.05 Å². The van der Waals surface area contributed by atoms with E-state index in [1.165, 1.54) is 5.01 Å². The lowest BCUT2D eigenvalue weighted by atomic mass is 10.2. The van der Waals surface area contributed by atoms with Gasteiger partial charge in [-0.2, -0.15) is 0 Å². The molecule has 1 N–H and O–H groups in total. The number of rotatable bonds is 7. The lowest BCUT2D eigenvalue weighted by Gasteiger charge is -2.29. The SMILES string of the molecule is CC(C)c1nc(CN(C)CC(O)CN2CCOCC2)cs1. The predicted molar refractivity (Wildman–Crippen MR) is 85.8 cm³/mol. The van der Waals surface area contributed by atoms with Crippen LogP contribution in [0, 0.1) is 0 Å². The van der Waals surface area contributed by atoms with Crippen LogP contribution >= 0.6 is 11.3 Å². The number of ether oxygens (including phenoxy) is 1. The summed E-state index contributed by atoms with van der Waals surface area (Å²) in [6.45, 7) is 9.92. The highest BCUT2D eigenvalue weighted by atomic mass is 32.1. The fourth-order valence-electron chi connectivity index (χ4n) is 2.50. The summed E-state index contributed by atoms with van der Waals surface area (Å²) in [5.41, 5.74) is 1.10. The first-order chi connectivity index (χ1) is 10.0. The lowest BCUT2D eigenvalue weighted by Crippen LogP contribution is -2.43. The van der Waals surface area contributed by atoms with Crippen molar-refractivity contribution in [3.8, 4) is 0 Å². The molecule has 6 heteroatoms. The number of morpholine rings is 1. The van der Waals surface area contributed by atoms with Gasteiger partial charge in [0.15, 0.2) is 0 Å². The van der Waals surface area contributed by atoms with Crippen molar-refractivity contribution in [2.45, 2.75) is 32.4 Å². The van der Waals surface area contributed by atoms with Gasteiger partial charge in [0.25, 0.3) is 0 Å². The molecule has 1 aliphatic heterocycles. The van der Waals surface area contributed by atoms with Crippen LogP contribution < -0.4 is 0 Å². The molecule has 0 radical (unpaired) electrons. The van der Waals surface area contributed by atoms with Crippen LogP contribution in [0.1, 0.15) is 30.5 Å². The molecule has 0 bridgehead atoms. The molecular formula is C15H27N3O2S. The van der Waals surface area contributed by atoms with E-state index in [1.54, 1.807) is 11.3 Å². The van der Waals surface area contributed by atoms with Gasteiger partial charge >= 0.3 is 0 Å². The van der Waals surface area contributed by atoms with Crippen LogP contribution in [0.25, 0.3) is 0 Å². The number of aliphatic hydroxyl groups is 1. The van der Waals surface area contributed by atoms with Crippen LogP contribution in [0.4, 0.5) is 0 Å². The average Bonchev–Trinajstić information content (AvgIpc) is 2.88. The summed E-state index contributed by atoms with van der Waals surface area (Å²) in [6, 6.07) is 0. The van der Waals surface area contributed by atoms with Crippen molar-refractivity contribution >= 4 is 11.3 Å². The molecule has 120 valence electrons. The Bertz CT molecular complexity index is 419. The van der Waals surface area contributed by atoms with Crippen molar-refractivity contribution in [1.82, 2.24) is 14.8 Å². The van der Waals surface area contributed by atoms with Gasteiger partial charge in [-0.05, 0) is 7.05 Å². The van der Waals surface area contributed by atoms with Gasteiger partial charge in [-0.1, -0.05) is 13.8 Å². The molecule has 1 saturated heterocycles. The number of likely N-dealkylation sites (N-methyl/N-ethyl adjacent to an activating group) is 1. The van der Waals surface area contributed by atoms with E-state index in [0.29, 0.717) is 12.5 Å². The molecule has 0 saturated carbocycles. The molecule has 0 amide bonds. The van der Waals surface area contributed by atoms with E-state index >= 15 is 0 Å². The molecule has 5 nitrogen and oxygen atoms in total. The Balaban J connectivity index is 1.73. The van der Waals surface area contributed by atoms with E-state index < -0.39 is 0 Å². The van der Waals surface area contributed by atoms with Gasteiger partial charge in [0.05, 0.1) is 30.0 Å². The summed E-state index contributed by atoms with van der Waals surface area (Å²) in [5, 5.41) is 13.5. The van der Waals surface area contributed by atoms with Crippen molar-refractivity contribution in [3.63, 3.8) is 0 Å². The smallest absolute Gasteiger partial charge is 0.0954 e. The lowest BCUT2D eigenvalue weighted by molar-refractivity contribution is 0.00820. The monoisotopic (exact) mass is 313 g/mol. The largest absolute Gasteiger partial charge is 0.390 e. The zero-order valence-corrected chi connectivity index (χ0v) is 14.1. The first-order valence-corrected chi connectivity index (χ1v) is 8.53. The van der Waals surface area contributed by atoms with Crippen molar-refractivity contribution in [2.24, 2.45) is 0 Å². The molecule has 21 heavy (non-hydrogen) atoms. The summed E-state index contributed by atoms with van der Waals surface area (Å²) < 4.78 is 5.32. The highest BCUT2D eigenvalue weighted by Crippen LogP contribution is 2.19. The molecule has 1 fully saturated rings. The van der Waals surface area contributed by atoms with Crippen molar-refractivity contribution in [3.05, 3.63) is 16.1 Å². The molecule has 1 aromatic rings. The zero-order valence-electron chi connectivity index (χ0n) is 13.3. The van der Waals surface area contributed by atoms with Gasteiger partial charge in [-0.15, -0.1) is 11.3 Å². The Labute approximate surface area is 131 Å². The van der Waals surface area contributed by atoms with Crippen LogP contribution in [0.2, 0.25) is 0 Å². The second-order valence-electron chi connectivity index (χ2n) is 6.10. The van der Waals surface area contributed by atoms with Gasteiger partial charge in [-0.25, -0.2) is 4.98 Å². The van der Waals surface area contributed by atoms with Crippen LogP contribution in [0.5, 0.6) is 0 Å². The normalized spacial score (nSPS) is 18.6. The third-order valence-electron chi connectivity index (χ3n) is 3.59. The van der Waals surface area contributed by atoms with Crippen molar-refractivity contribution < 1.29 is 9.84 Å². The number of aliphatic hydroxyl groups excluding tert-OH is 1. The molecule has 2 heterocycles. The maximum atomic E-state index is 10.2. The first-order valence-electron chi connectivity index (χ1n) is 7.65. The Kier molecular flexibility index (Phi) is 6.57. The minimum Gasteiger partial charge on any atom is -0.390 e. The fourth-order valence-corrected chi connectivity index (χ4v) is 3.33. The first kappa shape index (κ1) is 16.8. The van der Waals surface area contributed by atoms with E-state index in [4.69, 9.17) is 4.74 Å². The van der Waals surface area contributed by atoms with Crippen LogP contribution in [-0.2, 0) is 11.3 Å². The quantitative estimate of drug-likeness (QED) is 0.824. The molecule has 1 atom stereocenters. The minimum atomic E-state index is -0.323. The Morgan fingerprint density at radius 1 is 1.43 bits per heavy atom. The summed E-state index contributed by atoms with van der Waals surface area (Å²) >= 11 is 1.72. The minimum absolute atomic E-state index is 0.323. The number of thiazole rings is 1. The standard InChI is InChI=1S/C15H27N3O2S/c1-12(2)15-16-13(11-21-15)8-17(3)9-14(19)10-18-4-6-20-7-5-18/h11-12,14,19H,4-10H2,1-3H3. The molecule has 0 aromatic carbocycles. The topological polar surface area (TPSA) is 48.8 Å². The summed E-state index contributed by atoms with van der Waals surface area (Å²) in [5.74, 6) is 0.487. The van der Waals surface area contributed by atoms with Gasteiger partial charge < -0.3 is 9.84 Å². The molecule has 0 aliphatic carbocycles. The molecule has 1 unspecified atom stereocenters. The summed E-state index contributed by atoms with van der Waals surface area (Å²) in [4.78, 5) is 9.05. The molecule has 2 rings (SSSR count). The second-order valence-corrected chi connectivity index (χ2v) is 6.99. The van der Waals surface area contributed by atoms with Gasteiger partial charge in [-0.3, -0.25) is 9.80 Å². The highest BCUT2D eigenvalue weighted by Gasteiger charge is 2.17. The summed E-state index contributed by atoms with van der Waals surface area (Å²) in [7, 11) is 2.04. The Hall–Kier alpha value is -0.530. The summed E-state index contributed by atoms with van der Waals surface area (Å²) in [6.07, 6.45) is -0.323.